The third-order valence-corrected chi connectivity index (χ3v) is 6.22. The first-order chi connectivity index (χ1) is 16.0. The molecule has 1 amide bonds. The van der Waals surface area contributed by atoms with Gasteiger partial charge in [-0.25, -0.2) is 4.68 Å². The van der Waals surface area contributed by atoms with Gasteiger partial charge in [0.15, 0.2) is 16.4 Å². The molecule has 10 nitrogen and oxygen atoms in total. The Hall–Kier alpha value is -3.07. The highest BCUT2D eigenvalue weighted by Crippen LogP contribution is 2.46. The number of rotatable bonds is 5. The van der Waals surface area contributed by atoms with E-state index >= 15 is 0 Å². The zero-order valence-electron chi connectivity index (χ0n) is 17.0. The van der Waals surface area contributed by atoms with E-state index in [1.807, 2.05) is 0 Å². The van der Waals surface area contributed by atoms with Crippen molar-refractivity contribution in [3.63, 3.8) is 0 Å². The summed E-state index contributed by atoms with van der Waals surface area (Å²) < 4.78 is 53.1. The van der Waals surface area contributed by atoms with Gasteiger partial charge in [0.05, 0.1) is 34.3 Å². The first-order valence-corrected chi connectivity index (χ1v) is 11.1. The molecule has 0 fully saturated rings. The van der Waals surface area contributed by atoms with Crippen molar-refractivity contribution in [2.24, 2.45) is 0 Å². The van der Waals surface area contributed by atoms with Crippen LogP contribution in [0.25, 0.3) is 0 Å². The molecule has 3 aromatic rings. The van der Waals surface area contributed by atoms with Crippen LogP contribution >= 0.6 is 31.9 Å². The number of methoxy groups -OCH3 is 1. The number of benzene rings is 1. The molecule has 15 heteroatoms. The van der Waals surface area contributed by atoms with E-state index < -0.39 is 35.5 Å². The first-order valence-electron chi connectivity index (χ1n) is 9.49. The summed E-state index contributed by atoms with van der Waals surface area (Å²) in [7, 11) is 1.29. The van der Waals surface area contributed by atoms with E-state index in [2.05, 4.69) is 47.6 Å². The summed E-state index contributed by atoms with van der Waals surface area (Å²) in [4.78, 5) is 23.3. The van der Waals surface area contributed by atoms with Crippen LogP contribution in [-0.2, 0) is 0 Å². The molecule has 0 radical (unpaired) electrons. The molecular formula is C19H14Br2F3N5O5. The van der Waals surface area contributed by atoms with E-state index in [0.29, 0.717) is 9.35 Å². The monoisotopic (exact) mass is 607 g/mol. The van der Waals surface area contributed by atoms with Gasteiger partial charge >= 0.3 is 6.18 Å². The lowest BCUT2D eigenvalue weighted by atomic mass is 10.0. The number of non-ortho nitro benzene ring substituents is 1. The average molecular weight is 609 g/mol. The molecule has 0 bridgehead atoms. The zero-order valence-corrected chi connectivity index (χ0v) is 20.2. The van der Waals surface area contributed by atoms with Crippen molar-refractivity contribution in [1.29, 1.82) is 0 Å². The van der Waals surface area contributed by atoms with Gasteiger partial charge < -0.3 is 19.8 Å². The van der Waals surface area contributed by atoms with Crippen molar-refractivity contribution in [2.45, 2.75) is 24.7 Å². The van der Waals surface area contributed by atoms with Crippen LogP contribution in [0.15, 0.2) is 43.9 Å². The maximum atomic E-state index is 13.9. The molecule has 2 unspecified atom stereocenters. The summed E-state index contributed by atoms with van der Waals surface area (Å²) in [5.41, 5.74) is -0.680. The molecule has 2 atom stereocenters. The van der Waals surface area contributed by atoms with Crippen LogP contribution in [0.5, 0.6) is 5.75 Å². The fourth-order valence-corrected chi connectivity index (χ4v) is 4.38. The number of carbonyl (C=O) groups excluding carboxylic acids is 1. The molecule has 0 saturated heterocycles. The Morgan fingerprint density at radius 3 is 2.68 bits per heavy atom. The van der Waals surface area contributed by atoms with Gasteiger partial charge in [-0.1, -0.05) is 0 Å². The van der Waals surface area contributed by atoms with Gasteiger partial charge in [-0.2, -0.15) is 18.3 Å². The minimum absolute atomic E-state index is 0.00700. The van der Waals surface area contributed by atoms with Crippen LogP contribution in [0.1, 0.15) is 34.8 Å². The van der Waals surface area contributed by atoms with Crippen LogP contribution in [0, 0.1) is 10.1 Å². The number of amides is 1. The van der Waals surface area contributed by atoms with Crippen molar-refractivity contribution in [3.05, 3.63) is 61.0 Å². The quantitative estimate of drug-likeness (QED) is 0.276. The maximum Gasteiger partial charge on any atom is 0.410 e. The second kappa shape index (κ2) is 8.94. The second-order valence-electron chi connectivity index (χ2n) is 7.22. The summed E-state index contributed by atoms with van der Waals surface area (Å²) in [6.45, 7) is 0. The average Bonchev–Trinajstić information content (AvgIpc) is 3.35. The van der Waals surface area contributed by atoms with Crippen LogP contribution in [-0.4, -0.2) is 33.9 Å². The molecule has 0 saturated carbocycles. The largest absolute Gasteiger partial charge is 0.496 e. The van der Waals surface area contributed by atoms with Gasteiger partial charge in [0.1, 0.15) is 17.3 Å². The molecule has 1 aliphatic rings. The van der Waals surface area contributed by atoms with E-state index in [-0.39, 0.29) is 38.9 Å². The number of nitrogens with one attached hydrogen (secondary N) is 2. The summed E-state index contributed by atoms with van der Waals surface area (Å²) in [5.74, 6) is -0.557. The van der Waals surface area contributed by atoms with Crippen molar-refractivity contribution >= 4 is 55.0 Å². The zero-order chi connectivity index (χ0) is 24.8. The Labute approximate surface area is 205 Å². The SMILES string of the molecule is COc1cc(NC(=O)c2nn3c(c2Br)NC(c2ccc(Br)o2)CC3C(F)(F)F)cc([N+](=O)[O-])c1. The van der Waals surface area contributed by atoms with Crippen LogP contribution < -0.4 is 15.4 Å². The highest BCUT2D eigenvalue weighted by Gasteiger charge is 2.48. The number of halogens is 5. The number of anilines is 2. The van der Waals surface area contributed by atoms with Gasteiger partial charge in [-0.15, -0.1) is 0 Å². The number of carbonyl (C=O) groups is 1. The molecule has 1 aliphatic heterocycles. The van der Waals surface area contributed by atoms with E-state index in [4.69, 9.17) is 9.15 Å². The predicted octanol–water partition coefficient (Wildman–Crippen LogP) is 5.83. The van der Waals surface area contributed by atoms with Gasteiger partial charge in [0.2, 0.25) is 0 Å². The van der Waals surface area contributed by atoms with E-state index in [9.17, 15) is 28.1 Å². The Morgan fingerprint density at radius 2 is 2.09 bits per heavy atom. The van der Waals surface area contributed by atoms with E-state index in [1.165, 1.54) is 13.2 Å². The lowest BCUT2D eigenvalue weighted by molar-refractivity contribution is -0.384. The highest BCUT2D eigenvalue weighted by atomic mass is 79.9. The standard InChI is InChI=1S/C19H14Br2F3N5O5/c1-33-10-5-8(4-9(6-10)29(31)32)25-18(30)16-15(21)17-26-11(12-2-3-14(20)34-12)7-13(19(22,23)24)28(17)27-16/h2-6,11,13,26H,7H2,1H3,(H,25,30). The smallest absolute Gasteiger partial charge is 0.410 e. The topological polar surface area (TPSA) is 124 Å². The van der Waals surface area contributed by atoms with E-state index in [1.54, 1.807) is 12.1 Å². The minimum atomic E-state index is -4.66. The van der Waals surface area contributed by atoms with Gasteiger partial charge in [-0.3, -0.25) is 14.9 Å². The Bertz CT molecular complexity index is 1280. The lowest BCUT2D eigenvalue weighted by Gasteiger charge is -2.32. The molecule has 2 N–H and O–H groups in total. The van der Waals surface area contributed by atoms with Gasteiger partial charge in [0, 0.05) is 18.6 Å². The molecule has 180 valence electrons. The fourth-order valence-electron chi connectivity index (χ4n) is 3.51. The van der Waals surface area contributed by atoms with Crippen molar-refractivity contribution in [1.82, 2.24) is 9.78 Å². The predicted molar refractivity (Wildman–Crippen MR) is 120 cm³/mol. The first kappa shape index (κ1) is 24.1. The number of alkyl halides is 3. The van der Waals surface area contributed by atoms with Crippen LogP contribution in [0.3, 0.4) is 0 Å². The Morgan fingerprint density at radius 1 is 1.35 bits per heavy atom. The van der Waals surface area contributed by atoms with Crippen molar-refractivity contribution < 1.29 is 32.0 Å². The number of hydrogen-bond donors (Lipinski definition) is 2. The van der Waals surface area contributed by atoms with Crippen LogP contribution in [0.4, 0.5) is 30.4 Å². The second-order valence-corrected chi connectivity index (χ2v) is 8.79. The molecule has 0 aliphatic carbocycles. The minimum Gasteiger partial charge on any atom is -0.496 e. The Kier molecular flexibility index (Phi) is 6.33. The number of nitrogens with zero attached hydrogens (tertiary/aromatic N) is 3. The van der Waals surface area contributed by atoms with Gasteiger partial charge in [-0.05, 0) is 44.0 Å². The van der Waals surface area contributed by atoms with Gasteiger partial charge in [0.25, 0.3) is 11.6 Å². The molecule has 3 heterocycles. The molecule has 0 spiro atoms. The molecule has 4 rings (SSSR count). The maximum absolute atomic E-state index is 13.9. The van der Waals surface area contributed by atoms with E-state index in [0.717, 1.165) is 12.1 Å². The van der Waals surface area contributed by atoms with Crippen molar-refractivity contribution in [3.8, 4) is 5.75 Å². The summed E-state index contributed by atoms with van der Waals surface area (Å²) >= 11 is 6.30. The number of aromatic nitrogens is 2. The number of ether oxygens (including phenoxy) is 1. The fraction of sp³-hybridized carbons (Fsp3) is 0.263. The number of furan rings is 1. The number of nitro benzene ring substituents is 1. The summed E-state index contributed by atoms with van der Waals surface area (Å²) in [6.07, 6.45) is -5.08. The third-order valence-electron chi connectivity index (χ3n) is 5.04. The third kappa shape index (κ3) is 4.61. The molecule has 34 heavy (non-hydrogen) atoms. The normalized spacial score (nSPS) is 17.6. The molecule has 2 aromatic heterocycles. The number of nitro groups is 1. The summed E-state index contributed by atoms with van der Waals surface area (Å²) in [6, 6.07) is 3.81. The molecular weight excluding hydrogens is 595 g/mol. The van der Waals surface area contributed by atoms with Crippen LogP contribution in [0.2, 0.25) is 0 Å². The molecule has 1 aromatic carbocycles. The van der Waals surface area contributed by atoms with Crippen molar-refractivity contribution in [2.75, 3.05) is 17.7 Å². The lowest BCUT2D eigenvalue weighted by Crippen LogP contribution is -2.35. The number of hydrogen-bond acceptors (Lipinski definition) is 7. The highest BCUT2D eigenvalue weighted by molar-refractivity contribution is 9.10. The summed E-state index contributed by atoms with van der Waals surface area (Å²) in [5, 5.41) is 20.4. The Balaban J connectivity index is 1.69. The number of fused-ring (bicyclic) bond motifs is 1.